The van der Waals surface area contributed by atoms with Gasteiger partial charge in [-0.05, 0) is 17.7 Å². The molecule has 1 N–H and O–H groups in total. The summed E-state index contributed by atoms with van der Waals surface area (Å²) in [6.07, 6.45) is 4.13. The quantitative estimate of drug-likeness (QED) is 0.285. The molecule has 1 atom stereocenters. The largest absolute Gasteiger partial charge is 0.469 e. The highest BCUT2D eigenvalue weighted by atomic mass is 16.6. The maximum Gasteiger partial charge on any atom is 0.359 e. The first-order valence-corrected chi connectivity index (χ1v) is 10.2. The predicted octanol–water partition coefficient (Wildman–Crippen LogP) is 3.81. The Morgan fingerprint density at radius 2 is 1.94 bits per heavy atom. The van der Waals surface area contributed by atoms with Crippen LogP contribution in [0.2, 0.25) is 0 Å². The van der Waals surface area contributed by atoms with E-state index >= 15 is 0 Å². The number of carbonyl (C=O) groups excluding carboxylic acids is 1. The van der Waals surface area contributed by atoms with E-state index in [1.54, 1.807) is 35.2 Å². The summed E-state index contributed by atoms with van der Waals surface area (Å²) in [5.74, 6) is 1.21. The average Bonchev–Trinajstić information content (AvgIpc) is 3.43. The first kappa shape index (κ1) is 19.6. The van der Waals surface area contributed by atoms with Gasteiger partial charge in [0.15, 0.2) is 0 Å². The van der Waals surface area contributed by atoms with Gasteiger partial charge in [-0.3, -0.25) is 15.4 Å². The number of benzene rings is 2. The highest BCUT2D eigenvalue weighted by Gasteiger charge is 2.41. The number of aromatic nitrogens is 2. The van der Waals surface area contributed by atoms with E-state index in [1.807, 2.05) is 36.4 Å². The van der Waals surface area contributed by atoms with Crippen LogP contribution in [0.3, 0.4) is 0 Å². The molecular formula is C24H19N4O4+. The van der Waals surface area contributed by atoms with Crippen LogP contribution in [0.5, 0.6) is 0 Å². The number of rotatable bonds is 6. The third-order valence-electron chi connectivity index (χ3n) is 5.42. The molecule has 1 aliphatic heterocycles. The van der Waals surface area contributed by atoms with Gasteiger partial charge in [0, 0.05) is 24.1 Å². The number of hydrogen-bond acceptors (Lipinski definition) is 6. The topological polar surface area (TPSA) is 102 Å². The molecule has 2 aromatic carbocycles. The average molecular weight is 427 g/mol. The van der Waals surface area contributed by atoms with Gasteiger partial charge >= 0.3 is 11.7 Å². The van der Waals surface area contributed by atoms with Crippen molar-refractivity contribution in [3.8, 4) is 11.3 Å². The Bertz CT molecular complexity index is 1300. The number of furan rings is 1. The first-order valence-electron chi connectivity index (χ1n) is 10.2. The number of carbonyl (C=O) groups is 1. The van der Waals surface area contributed by atoms with Gasteiger partial charge in [0.2, 0.25) is 6.04 Å². The van der Waals surface area contributed by atoms with Crippen LogP contribution in [-0.4, -0.2) is 21.9 Å². The van der Waals surface area contributed by atoms with Crippen molar-refractivity contribution in [2.75, 3.05) is 5.32 Å². The van der Waals surface area contributed by atoms with Crippen LogP contribution in [-0.2, 0) is 12.8 Å². The molecule has 32 heavy (non-hydrogen) atoms. The van der Waals surface area contributed by atoms with Gasteiger partial charge in [-0.25, -0.2) is 9.78 Å². The number of nitrogens with zero attached hydrogens (tertiary/aromatic N) is 3. The van der Waals surface area contributed by atoms with E-state index in [9.17, 15) is 14.9 Å². The third-order valence-corrected chi connectivity index (χ3v) is 5.42. The van der Waals surface area contributed by atoms with Gasteiger partial charge in [0.05, 0.1) is 17.6 Å². The number of nitro groups is 1. The molecule has 8 heteroatoms. The molecule has 0 saturated heterocycles. The third kappa shape index (κ3) is 3.74. The van der Waals surface area contributed by atoms with Crippen LogP contribution in [0.25, 0.3) is 11.3 Å². The fourth-order valence-corrected chi connectivity index (χ4v) is 3.87. The molecule has 8 nitrogen and oxygen atoms in total. The van der Waals surface area contributed by atoms with E-state index in [1.165, 1.54) is 12.1 Å². The SMILES string of the molecule is O=C1C(Cc2ccco2)Nc2c(Cc3ccccc3)nc(-c3cccc([N+](=O)[O-])c3)c[n+]21. The number of hydrogen-bond donors (Lipinski definition) is 1. The Labute approximate surface area is 183 Å². The van der Waals surface area contributed by atoms with Gasteiger partial charge in [-0.15, -0.1) is 0 Å². The van der Waals surface area contributed by atoms with Crippen LogP contribution in [0, 0.1) is 10.1 Å². The molecule has 0 saturated carbocycles. The lowest BCUT2D eigenvalue weighted by molar-refractivity contribution is -0.552. The second kappa shape index (κ2) is 8.07. The monoisotopic (exact) mass is 427 g/mol. The number of nitro benzene ring substituents is 1. The Balaban J connectivity index is 1.58. The van der Waals surface area contributed by atoms with Crippen LogP contribution in [0.4, 0.5) is 11.5 Å². The molecule has 3 heterocycles. The molecule has 0 fully saturated rings. The number of nitrogens with one attached hydrogen (secondary N) is 1. The maximum atomic E-state index is 13.2. The number of anilines is 1. The van der Waals surface area contributed by atoms with Crippen molar-refractivity contribution >= 4 is 17.4 Å². The summed E-state index contributed by atoms with van der Waals surface area (Å²) >= 11 is 0. The minimum Gasteiger partial charge on any atom is -0.469 e. The molecule has 0 radical (unpaired) electrons. The highest BCUT2D eigenvalue weighted by molar-refractivity contribution is 5.82. The van der Waals surface area contributed by atoms with Crippen LogP contribution >= 0.6 is 0 Å². The van der Waals surface area contributed by atoms with Crippen molar-refractivity contribution in [2.24, 2.45) is 0 Å². The van der Waals surface area contributed by atoms with E-state index in [4.69, 9.17) is 9.40 Å². The van der Waals surface area contributed by atoms with E-state index in [-0.39, 0.29) is 11.6 Å². The van der Waals surface area contributed by atoms with Crippen molar-refractivity contribution in [1.82, 2.24) is 4.98 Å². The molecule has 0 aliphatic carbocycles. The Hall–Kier alpha value is -4.33. The van der Waals surface area contributed by atoms with Crippen molar-refractivity contribution in [1.29, 1.82) is 0 Å². The van der Waals surface area contributed by atoms with Gasteiger partial charge in [-0.1, -0.05) is 42.5 Å². The summed E-state index contributed by atoms with van der Waals surface area (Å²) in [6.45, 7) is 0. The van der Waals surface area contributed by atoms with Crippen LogP contribution in [0.15, 0.2) is 83.6 Å². The maximum absolute atomic E-state index is 13.2. The zero-order chi connectivity index (χ0) is 22.1. The lowest BCUT2D eigenvalue weighted by Crippen LogP contribution is -2.44. The normalized spacial score (nSPS) is 14.8. The Morgan fingerprint density at radius 1 is 1.09 bits per heavy atom. The van der Waals surface area contributed by atoms with Gasteiger partial charge in [0.1, 0.15) is 23.3 Å². The number of non-ortho nitro benzene ring substituents is 1. The van der Waals surface area contributed by atoms with E-state index in [0.717, 1.165) is 5.56 Å². The van der Waals surface area contributed by atoms with Crippen LogP contribution < -0.4 is 9.88 Å². The molecule has 5 rings (SSSR count). The second-order valence-electron chi connectivity index (χ2n) is 7.58. The van der Waals surface area contributed by atoms with Crippen molar-refractivity contribution in [3.63, 3.8) is 0 Å². The Morgan fingerprint density at radius 3 is 2.69 bits per heavy atom. The smallest absolute Gasteiger partial charge is 0.359 e. The van der Waals surface area contributed by atoms with Gasteiger partial charge in [-0.2, -0.15) is 4.57 Å². The molecule has 1 aliphatic rings. The molecule has 0 bridgehead atoms. The molecule has 4 aromatic rings. The summed E-state index contributed by atoms with van der Waals surface area (Å²) < 4.78 is 6.98. The van der Waals surface area contributed by atoms with E-state index in [2.05, 4.69) is 5.32 Å². The molecular weight excluding hydrogens is 408 g/mol. The standard InChI is InChI=1S/C24H18N4O4/c29-24-21(14-19-10-5-11-32-19)26-23-20(12-16-6-2-1-3-7-16)25-22(15-27(23)24)17-8-4-9-18(13-17)28(30)31/h1-11,13,15,21H,12,14H2/p+1. The molecule has 1 unspecified atom stereocenters. The minimum atomic E-state index is -0.488. The van der Waals surface area contributed by atoms with E-state index < -0.39 is 11.0 Å². The van der Waals surface area contributed by atoms with Crippen molar-refractivity contribution < 1.29 is 18.7 Å². The summed E-state index contributed by atoms with van der Waals surface area (Å²) in [7, 11) is 0. The predicted molar refractivity (Wildman–Crippen MR) is 116 cm³/mol. The fraction of sp³-hybridized carbons (Fsp3) is 0.125. The van der Waals surface area contributed by atoms with Crippen LogP contribution in [0.1, 0.15) is 21.8 Å². The van der Waals surface area contributed by atoms with Crippen molar-refractivity contribution in [3.05, 3.63) is 106 Å². The molecule has 0 amide bonds. The summed E-state index contributed by atoms with van der Waals surface area (Å²) in [5.41, 5.74) is 2.78. The summed E-state index contributed by atoms with van der Waals surface area (Å²) in [4.78, 5) is 28.8. The second-order valence-corrected chi connectivity index (χ2v) is 7.58. The van der Waals surface area contributed by atoms with Gasteiger partial charge < -0.3 is 4.42 Å². The summed E-state index contributed by atoms with van der Waals surface area (Å²) in [6, 6.07) is 19.2. The zero-order valence-corrected chi connectivity index (χ0v) is 17.0. The fourth-order valence-electron chi connectivity index (χ4n) is 3.87. The molecule has 2 aromatic heterocycles. The first-order chi connectivity index (χ1) is 15.6. The number of fused-ring (bicyclic) bond motifs is 1. The van der Waals surface area contributed by atoms with E-state index in [0.29, 0.717) is 41.4 Å². The zero-order valence-electron chi connectivity index (χ0n) is 17.0. The lowest BCUT2D eigenvalue weighted by atomic mass is 10.1. The Kier molecular flexibility index (Phi) is 4.95. The van der Waals surface area contributed by atoms with Gasteiger partial charge in [0.25, 0.3) is 5.69 Å². The molecule has 158 valence electrons. The van der Waals surface area contributed by atoms with Crippen molar-refractivity contribution in [2.45, 2.75) is 18.9 Å². The minimum absolute atomic E-state index is 0.0282. The summed E-state index contributed by atoms with van der Waals surface area (Å²) in [5, 5.41) is 14.5. The lowest BCUT2D eigenvalue weighted by Gasteiger charge is -2.07. The highest BCUT2D eigenvalue weighted by Crippen LogP contribution is 2.26. The molecule has 0 spiro atoms.